The van der Waals surface area contributed by atoms with E-state index in [1.54, 1.807) is 0 Å². The number of ether oxygens (including phenoxy) is 1. The van der Waals surface area contributed by atoms with Gasteiger partial charge in [-0.2, -0.15) is 0 Å². The monoisotopic (exact) mass is 211 g/mol. The summed E-state index contributed by atoms with van der Waals surface area (Å²) in [6, 6.07) is 5.67. The van der Waals surface area contributed by atoms with E-state index in [1.165, 1.54) is 0 Å². The summed E-state index contributed by atoms with van der Waals surface area (Å²) < 4.78 is 4.80. The summed E-state index contributed by atoms with van der Waals surface area (Å²) in [6.07, 6.45) is -0.369. The zero-order chi connectivity index (χ0) is 10.1. The number of aryl methyl sites for hydroxylation is 1. The van der Waals surface area contributed by atoms with E-state index >= 15 is 0 Å². The molecule has 1 aliphatic heterocycles. The fourth-order valence-electron chi connectivity index (χ4n) is 1.39. The Labute approximate surface area is 87.0 Å². The van der Waals surface area contributed by atoms with Gasteiger partial charge in [0.2, 0.25) is 0 Å². The fourth-order valence-corrected chi connectivity index (χ4v) is 1.58. The number of carbonyl (C=O) groups is 1. The third-order valence-corrected chi connectivity index (χ3v) is 2.68. The van der Waals surface area contributed by atoms with Gasteiger partial charge in [-0.25, -0.2) is 4.79 Å². The molecular formula is C10H10ClNO2. The summed E-state index contributed by atoms with van der Waals surface area (Å²) in [5.74, 6) is 0. The van der Waals surface area contributed by atoms with Gasteiger partial charge >= 0.3 is 6.09 Å². The van der Waals surface area contributed by atoms with E-state index in [9.17, 15) is 4.79 Å². The van der Waals surface area contributed by atoms with Gasteiger partial charge in [0.25, 0.3) is 0 Å². The average Bonchev–Trinajstić information content (AvgIpc) is 2.57. The molecular weight excluding hydrogens is 202 g/mol. The van der Waals surface area contributed by atoms with Crippen molar-refractivity contribution in [1.29, 1.82) is 0 Å². The van der Waals surface area contributed by atoms with Gasteiger partial charge in [0.05, 0.1) is 6.04 Å². The van der Waals surface area contributed by atoms with E-state index < -0.39 is 0 Å². The van der Waals surface area contributed by atoms with Crippen LogP contribution in [-0.4, -0.2) is 12.7 Å². The summed E-state index contributed by atoms with van der Waals surface area (Å²) in [7, 11) is 0. The first-order valence-electron chi connectivity index (χ1n) is 4.36. The Morgan fingerprint density at radius 1 is 1.57 bits per heavy atom. The molecule has 14 heavy (non-hydrogen) atoms. The molecule has 2 rings (SSSR count). The highest BCUT2D eigenvalue weighted by Gasteiger charge is 2.23. The van der Waals surface area contributed by atoms with Crippen LogP contribution in [0.25, 0.3) is 0 Å². The molecule has 0 aromatic heterocycles. The van der Waals surface area contributed by atoms with Crippen molar-refractivity contribution in [3.63, 3.8) is 0 Å². The van der Waals surface area contributed by atoms with Crippen LogP contribution in [0.3, 0.4) is 0 Å². The molecule has 0 saturated carbocycles. The number of amides is 1. The number of alkyl carbamates (subject to hydrolysis) is 1. The van der Waals surface area contributed by atoms with Crippen LogP contribution in [0.15, 0.2) is 18.2 Å². The highest BCUT2D eigenvalue weighted by Crippen LogP contribution is 2.23. The van der Waals surface area contributed by atoms with Gasteiger partial charge in [0.15, 0.2) is 0 Å². The second-order valence-electron chi connectivity index (χ2n) is 3.30. The molecule has 1 heterocycles. The molecule has 1 fully saturated rings. The lowest BCUT2D eigenvalue weighted by molar-refractivity contribution is 0.177. The molecule has 0 aliphatic carbocycles. The molecule has 0 bridgehead atoms. The lowest BCUT2D eigenvalue weighted by Gasteiger charge is -2.08. The topological polar surface area (TPSA) is 38.3 Å². The molecule has 1 saturated heterocycles. The van der Waals surface area contributed by atoms with Gasteiger partial charge in [0.1, 0.15) is 6.61 Å². The van der Waals surface area contributed by atoms with Crippen molar-refractivity contribution in [3.05, 3.63) is 34.3 Å². The first kappa shape index (κ1) is 9.34. The largest absolute Gasteiger partial charge is 0.447 e. The van der Waals surface area contributed by atoms with Gasteiger partial charge in [-0.05, 0) is 24.1 Å². The number of cyclic esters (lactones) is 1. The molecule has 1 amide bonds. The first-order valence-corrected chi connectivity index (χ1v) is 4.74. The quantitative estimate of drug-likeness (QED) is 0.775. The van der Waals surface area contributed by atoms with Gasteiger partial charge in [0, 0.05) is 5.02 Å². The van der Waals surface area contributed by atoms with Crippen LogP contribution >= 0.6 is 11.6 Å². The normalized spacial score (nSPS) is 20.4. The van der Waals surface area contributed by atoms with Gasteiger partial charge in [-0.1, -0.05) is 23.7 Å². The van der Waals surface area contributed by atoms with Crippen LogP contribution in [0.1, 0.15) is 17.2 Å². The number of benzene rings is 1. The minimum atomic E-state index is -0.369. The van der Waals surface area contributed by atoms with E-state index in [2.05, 4.69) is 5.32 Å². The third-order valence-electron chi connectivity index (χ3n) is 2.27. The lowest BCUT2D eigenvalue weighted by atomic mass is 10.1. The molecule has 0 radical (unpaired) electrons. The Balaban J connectivity index is 2.24. The Morgan fingerprint density at radius 3 is 2.93 bits per heavy atom. The van der Waals surface area contributed by atoms with Crippen LogP contribution < -0.4 is 5.32 Å². The van der Waals surface area contributed by atoms with E-state index in [0.29, 0.717) is 11.6 Å². The summed E-state index contributed by atoms with van der Waals surface area (Å²) in [5, 5.41) is 3.41. The second-order valence-corrected chi connectivity index (χ2v) is 3.71. The minimum absolute atomic E-state index is 0.0689. The van der Waals surface area contributed by atoms with Crippen LogP contribution in [0.4, 0.5) is 4.79 Å². The zero-order valence-corrected chi connectivity index (χ0v) is 8.47. The van der Waals surface area contributed by atoms with Crippen molar-refractivity contribution >= 4 is 17.7 Å². The summed E-state index contributed by atoms with van der Waals surface area (Å²) in [4.78, 5) is 10.8. The smallest absolute Gasteiger partial charge is 0.407 e. The molecule has 1 N–H and O–H groups in total. The molecule has 74 valence electrons. The maximum atomic E-state index is 10.8. The molecule has 1 atom stereocenters. The number of hydrogen-bond donors (Lipinski definition) is 1. The summed E-state index contributed by atoms with van der Waals surface area (Å²) in [5.41, 5.74) is 2.01. The van der Waals surface area contributed by atoms with Gasteiger partial charge < -0.3 is 10.1 Å². The average molecular weight is 212 g/mol. The SMILES string of the molecule is Cc1ccc(C2COC(=O)N2)cc1Cl. The van der Waals surface area contributed by atoms with E-state index in [1.807, 2.05) is 25.1 Å². The Hall–Kier alpha value is -1.22. The Bertz CT molecular complexity index is 378. The maximum Gasteiger partial charge on any atom is 0.407 e. The summed E-state index contributed by atoms with van der Waals surface area (Å²) in [6.45, 7) is 2.31. The standard InChI is InChI=1S/C10H10ClNO2/c1-6-2-3-7(4-8(6)11)9-5-14-10(13)12-9/h2-4,9H,5H2,1H3,(H,12,13). The van der Waals surface area contributed by atoms with Crippen molar-refractivity contribution < 1.29 is 9.53 Å². The number of rotatable bonds is 1. The number of hydrogen-bond acceptors (Lipinski definition) is 2. The van der Waals surface area contributed by atoms with Gasteiger partial charge in [-0.15, -0.1) is 0 Å². The first-order chi connectivity index (χ1) is 6.66. The predicted molar refractivity (Wildman–Crippen MR) is 53.4 cm³/mol. The molecule has 3 nitrogen and oxygen atoms in total. The van der Waals surface area contributed by atoms with Crippen LogP contribution in [0.2, 0.25) is 5.02 Å². The van der Waals surface area contributed by atoms with Crippen molar-refractivity contribution in [2.45, 2.75) is 13.0 Å². The van der Waals surface area contributed by atoms with Crippen molar-refractivity contribution in [1.82, 2.24) is 5.32 Å². The summed E-state index contributed by atoms with van der Waals surface area (Å²) >= 11 is 5.98. The highest BCUT2D eigenvalue weighted by molar-refractivity contribution is 6.31. The lowest BCUT2D eigenvalue weighted by Crippen LogP contribution is -2.18. The Morgan fingerprint density at radius 2 is 2.36 bits per heavy atom. The molecule has 1 aliphatic rings. The maximum absolute atomic E-state index is 10.8. The number of nitrogens with one attached hydrogen (secondary N) is 1. The third kappa shape index (κ3) is 1.68. The van der Waals surface area contributed by atoms with E-state index in [0.717, 1.165) is 11.1 Å². The molecule has 1 aromatic carbocycles. The molecule has 4 heteroatoms. The second kappa shape index (κ2) is 3.50. The minimum Gasteiger partial charge on any atom is -0.447 e. The Kier molecular flexibility index (Phi) is 2.33. The predicted octanol–water partition coefficient (Wildman–Crippen LogP) is 2.43. The van der Waals surface area contributed by atoms with Crippen LogP contribution in [-0.2, 0) is 4.74 Å². The van der Waals surface area contributed by atoms with Crippen molar-refractivity contribution in [3.8, 4) is 0 Å². The van der Waals surface area contributed by atoms with E-state index in [4.69, 9.17) is 16.3 Å². The zero-order valence-electron chi connectivity index (χ0n) is 7.71. The molecule has 0 spiro atoms. The highest BCUT2D eigenvalue weighted by atomic mass is 35.5. The van der Waals surface area contributed by atoms with Crippen molar-refractivity contribution in [2.75, 3.05) is 6.61 Å². The van der Waals surface area contributed by atoms with Crippen molar-refractivity contribution in [2.24, 2.45) is 0 Å². The number of carbonyl (C=O) groups excluding carboxylic acids is 1. The van der Waals surface area contributed by atoms with Gasteiger partial charge in [-0.3, -0.25) is 0 Å². The van der Waals surface area contributed by atoms with Crippen LogP contribution in [0.5, 0.6) is 0 Å². The molecule has 1 unspecified atom stereocenters. The number of halogens is 1. The fraction of sp³-hybridized carbons (Fsp3) is 0.300. The van der Waals surface area contributed by atoms with E-state index in [-0.39, 0.29) is 12.1 Å². The van der Waals surface area contributed by atoms with Crippen LogP contribution in [0, 0.1) is 6.92 Å². The molecule has 1 aromatic rings.